The molecule has 0 saturated carbocycles. The third-order valence-corrected chi connectivity index (χ3v) is 4.07. The number of pyridine rings is 1. The number of carbonyl (C=O) groups is 1. The first kappa shape index (κ1) is 15.5. The third-order valence-electron chi connectivity index (χ3n) is 4.07. The molecule has 0 unspecified atom stereocenters. The molecule has 122 valence electrons. The summed E-state index contributed by atoms with van der Waals surface area (Å²) in [5.74, 6) is 0.584. The second kappa shape index (κ2) is 6.81. The van der Waals surface area contributed by atoms with Crippen molar-refractivity contribution < 1.29 is 9.53 Å². The predicted octanol–water partition coefficient (Wildman–Crippen LogP) is 2.29. The fraction of sp³-hybridized carbons (Fsp3) is 0.471. The standard InChI is InChI=1S/C17H22N4O2/c1-3-23-16-7-6-14(10-18-16)17(22)21-8-4-5-15(21)12-20-11-13(2)9-19-20/h6-7,9-11,15H,3-5,8,12H2,1-2H3/t15-/m0/s1. The molecule has 6 heteroatoms. The Morgan fingerprint density at radius 2 is 2.26 bits per heavy atom. The van der Waals surface area contributed by atoms with Crippen LogP contribution in [0.4, 0.5) is 0 Å². The summed E-state index contributed by atoms with van der Waals surface area (Å²) in [6.07, 6.45) is 7.49. The van der Waals surface area contributed by atoms with Crippen LogP contribution in [0.5, 0.6) is 5.88 Å². The molecule has 2 aromatic heterocycles. The first-order valence-electron chi connectivity index (χ1n) is 8.06. The Balaban J connectivity index is 1.69. The molecule has 1 amide bonds. The molecule has 1 fully saturated rings. The van der Waals surface area contributed by atoms with Crippen molar-refractivity contribution in [3.63, 3.8) is 0 Å². The highest BCUT2D eigenvalue weighted by Crippen LogP contribution is 2.22. The van der Waals surface area contributed by atoms with Crippen molar-refractivity contribution in [3.05, 3.63) is 41.9 Å². The fourth-order valence-corrected chi connectivity index (χ4v) is 2.98. The van der Waals surface area contributed by atoms with E-state index in [4.69, 9.17) is 4.74 Å². The number of ether oxygens (including phenoxy) is 1. The Kier molecular flexibility index (Phi) is 4.60. The highest BCUT2D eigenvalue weighted by atomic mass is 16.5. The predicted molar refractivity (Wildman–Crippen MR) is 86.4 cm³/mol. The van der Waals surface area contributed by atoms with Crippen LogP contribution in [0.15, 0.2) is 30.7 Å². The summed E-state index contributed by atoms with van der Waals surface area (Å²) in [6.45, 7) is 6.03. The van der Waals surface area contributed by atoms with E-state index < -0.39 is 0 Å². The van der Waals surface area contributed by atoms with E-state index in [2.05, 4.69) is 10.1 Å². The summed E-state index contributed by atoms with van der Waals surface area (Å²) in [4.78, 5) is 18.9. The molecule has 0 bridgehead atoms. The highest BCUT2D eigenvalue weighted by Gasteiger charge is 2.30. The number of hydrogen-bond donors (Lipinski definition) is 0. The number of hydrogen-bond acceptors (Lipinski definition) is 4. The minimum atomic E-state index is 0.0342. The van der Waals surface area contributed by atoms with Gasteiger partial charge in [-0.05, 0) is 38.3 Å². The number of carbonyl (C=O) groups excluding carboxylic acids is 1. The van der Waals surface area contributed by atoms with Crippen LogP contribution in [0.3, 0.4) is 0 Å². The van der Waals surface area contributed by atoms with Gasteiger partial charge < -0.3 is 9.64 Å². The zero-order valence-corrected chi connectivity index (χ0v) is 13.6. The Labute approximate surface area is 136 Å². The molecular weight excluding hydrogens is 292 g/mol. The van der Waals surface area contributed by atoms with Gasteiger partial charge in [0.05, 0.1) is 31.0 Å². The average molecular weight is 314 g/mol. The van der Waals surface area contributed by atoms with Crippen molar-refractivity contribution in [3.8, 4) is 5.88 Å². The van der Waals surface area contributed by atoms with Crippen LogP contribution < -0.4 is 4.74 Å². The van der Waals surface area contributed by atoms with Gasteiger partial charge in [-0.15, -0.1) is 0 Å². The van der Waals surface area contributed by atoms with Gasteiger partial charge in [0.15, 0.2) is 0 Å². The van der Waals surface area contributed by atoms with Gasteiger partial charge in [0, 0.05) is 25.0 Å². The summed E-state index contributed by atoms with van der Waals surface area (Å²) in [5, 5.41) is 4.33. The summed E-state index contributed by atoms with van der Waals surface area (Å²) in [5.41, 5.74) is 1.74. The van der Waals surface area contributed by atoms with Crippen molar-refractivity contribution >= 4 is 5.91 Å². The SMILES string of the molecule is CCOc1ccc(C(=O)N2CCC[C@H]2Cn2cc(C)cn2)cn1. The van der Waals surface area contributed by atoms with Crippen LogP contribution >= 0.6 is 0 Å². The molecule has 1 atom stereocenters. The van der Waals surface area contributed by atoms with Crippen molar-refractivity contribution in [2.75, 3.05) is 13.2 Å². The zero-order chi connectivity index (χ0) is 16.2. The summed E-state index contributed by atoms with van der Waals surface area (Å²) < 4.78 is 7.24. The van der Waals surface area contributed by atoms with Crippen molar-refractivity contribution in [1.82, 2.24) is 19.7 Å². The molecule has 1 aliphatic rings. The first-order valence-corrected chi connectivity index (χ1v) is 8.06. The summed E-state index contributed by atoms with van der Waals surface area (Å²) in [7, 11) is 0. The van der Waals surface area contributed by atoms with Crippen LogP contribution in [0, 0.1) is 6.92 Å². The van der Waals surface area contributed by atoms with E-state index in [9.17, 15) is 4.79 Å². The Bertz CT molecular complexity index is 665. The maximum absolute atomic E-state index is 12.7. The van der Waals surface area contributed by atoms with E-state index in [0.29, 0.717) is 18.1 Å². The van der Waals surface area contributed by atoms with Gasteiger partial charge in [-0.3, -0.25) is 9.48 Å². The molecule has 0 aromatic carbocycles. The van der Waals surface area contributed by atoms with E-state index in [1.165, 1.54) is 0 Å². The summed E-state index contributed by atoms with van der Waals surface area (Å²) in [6, 6.07) is 3.72. The highest BCUT2D eigenvalue weighted by molar-refractivity contribution is 5.94. The van der Waals surface area contributed by atoms with Gasteiger partial charge in [0.2, 0.25) is 5.88 Å². The van der Waals surface area contributed by atoms with Crippen LogP contribution in [-0.4, -0.2) is 44.8 Å². The Hall–Kier alpha value is -2.37. The largest absolute Gasteiger partial charge is 0.478 e. The van der Waals surface area contributed by atoms with E-state index >= 15 is 0 Å². The lowest BCUT2D eigenvalue weighted by atomic mass is 10.2. The van der Waals surface area contributed by atoms with E-state index in [1.54, 1.807) is 18.3 Å². The monoisotopic (exact) mass is 314 g/mol. The molecular formula is C17H22N4O2. The molecule has 0 spiro atoms. The van der Waals surface area contributed by atoms with Gasteiger partial charge >= 0.3 is 0 Å². The Morgan fingerprint density at radius 1 is 1.39 bits per heavy atom. The molecule has 6 nitrogen and oxygen atoms in total. The number of nitrogens with zero attached hydrogens (tertiary/aromatic N) is 4. The van der Waals surface area contributed by atoms with Crippen molar-refractivity contribution in [1.29, 1.82) is 0 Å². The van der Waals surface area contributed by atoms with E-state index in [1.807, 2.05) is 35.8 Å². The van der Waals surface area contributed by atoms with Gasteiger partial charge in [-0.1, -0.05) is 0 Å². The van der Waals surface area contributed by atoms with Crippen LogP contribution in [0.1, 0.15) is 35.7 Å². The first-order chi connectivity index (χ1) is 11.2. The normalized spacial score (nSPS) is 17.5. The fourth-order valence-electron chi connectivity index (χ4n) is 2.98. The molecule has 3 rings (SSSR count). The number of rotatable bonds is 5. The number of likely N-dealkylation sites (tertiary alicyclic amines) is 1. The number of aromatic nitrogens is 3. The van der Waals surface area contributed by atoms with Gasteiger partial charge in [-0.25, -0.2) is 4.98 Å². The molecule has 1 saturated heterocycles. The van der Waals surface area contributed by atoms with Crippen LogP contribution in [-0.2, 0) is 6.54 Å². The van der Waals surface area contributed by atoms with Gasteiger partial charge in [0.1, 0.15) is 0 Å². The topological polar surface area (TPSA) is 60.2 Å². The van der Waals surface area contributed by atoms with Gasteiger partial charge in [-0.2, -0.15) is 5.10 Å². The van der Waals surface area contributed by atoms with Gasteiger partial charge in [0.25, 0.3) is 5.91 Å². The molecule has 1 aliphatic heterocycles. The molecule has 23 heavy (non-hydrogen) atoms. The van der Waals surface area contributed by atoms with Crippen LogP contribution in [0.2, 0.25) is 0 Å². The lowest BCUT2D eigenvalue weighted by Gasteiger charge is -2.24. The van der Waals surface area contributed by atoms with E-state index in [-0.39, 0.29) is 11.9 Å². The minimum Gasteiger partial charge on any atom is -0.478 e. The second-order valence-corrected chi connectivity index (χ2v) is 5.85. The summed E-state index contributed by atoms with van der Waals surface area (Å²) >= 11 is 0. The molecule has 3 heterocycles. The minimum absolute atomic E-state index is 0.0342. The van der Waals surface area contributed by atoms with Crippen molar-refractivity contribution in [2.45, 2.75) is 39.3 Å². The smallest absolute Gasteiger partial charge is 0.255 e. The zero-order valence-electron chi connectivity index (χ0n) is 13.6. The molecule has 2 aromatic rings. The molecule has 0 N–H and O–H groups in total. The molecule has 0 radical (unpaired) electrons. The Morgan fingerprint density at radius 3 is 2.91 bits per heavy atom. The second-order valence-electron chi connectivity index (χ2n) is 5.85. The van der Waals surface area contributed by atoms with Crippen LogP contribution in [0.25, 0.3) is 0 Å². The third kappa shape index (κ3) is 3.52. The number of aryl methyl sites for hydroxylation is 1. The maximum atomic E-state index is 12.7. The van der Waals surface area contributed by atoms with E-state index in [0.717, 1.165) is 31.5 Å². The quantitative estimate of drug-likeness (QED) is 0.849. The number of amides is 1. The van der Waals surface area contributed by atoms with Crippen molar-refractivity contribution in [2.24, 2.45) is 0 Å². The average Bonchev–Trinajstić information content (AvgIpc) is 3.17. The molecule has 0 aliphatic carbocycles. The maximum Gasteiger partial charge on any atom is 0.255 e. The lowest BCUT2D eigenvalue weighted by Crippen LogP contribution is -2.38. The lowest BCUT2D eigenvalue weighted by molar-refractivity contribution is 0.0721.